The molecule has 0 aliphatic carbocycles. The van der Waals surface area contributed by atoms with Crippen LogP contribution in [-0.4, -0.2) is 52.3 Å². The second-order valence-electron chi connectivity index (χ2n) is 14.1. The molecule has 0 rings (SSSR count). The average molecular weight is 757 g/mol. The van der Waals surface area contributed by atoms with Gasteiger partial charge in [0, 0.05) is 12.8 Å². The van der Waals surface area contributed by atoms with E-state index in [9.17, 15) is 19.3 Å². The third-order valence-electron chi connectivity index (χ3n) is 9.00. The number of rotatable bonds is 38. The van der Waals surface area contributed by atoms with Crippen LogP contribution in [0.5, 0.6) is 0 Å². The molecule has 0 aliphatic rings. The molecule has 10 heteroatoms. The molecule has 0 fully saturated rings. The summed E-state index contributed by atoms with van der Waals surface area (Å²) >= 11 is 0. The molecule has 304 valence electrons. The lowest BCUT2D eigenvalue weighted by molar-refractivity contribution is -0.161. The Morgan fingerprint density at radius 1 is 0.596 bits per heavy atom. The monoisotopic (exact) mass is 757 g/mol. The molecule has 0 aliphatic heterocycles. The van der Waals surface area contributed by atoms with Crippen molar-refractivity contribution >= 4 is 19.8 Å². The van der Waals surface area contributed by atoms with Crippen LogP contribution in [0.4, 0.5) is 0 Å². The highest BCUT2D eigenvalue weighted by atomic mass is 31.2. The number of aliphatic hydroxyl groups is 1. The van der Waals surface area contributed by atoms with Gasteiger partial charge in [-0.3, -0.25) is 14.1 Å². The van der Waals surface area contributed by atoms with Crippen molar-refractivity contribution in [3.05, 3.63) is 36.5 Å². The zero-order valence-corrected chi connectivity index (χ0v) is 34.0. The summed E-state index contributed by atoms with van der Waals surface area (Å²) in [5.41, 5.74) is 0. The van der Waals surface area contributed by atoms with E-state index >= 15 is 0 Å². The number of aliphatic hydroxyl groups excluding tert-OH is 1. The van der Waals surface area contributed by atoms with Gasteiger partial charge in [0.2, 0.25) is 0 Å². The van der Waals surface area contributed by atoms with Gasteiger partial charge < -0.3 is 24.4 Å². The summed E-state index contributed by atoms with van der Waals surface area (Å²) in [7, 11) is -4.77. The van der Waals surface area contributed by atoms with E-state index in [1.807, 2.05) is 24.3 Å². The molecule has 0 heterocycles. The lowest BCUT2D eigenvalue weighted by Gasteiger charge is -2.18. The Balaban J connectivity index is 3.95. The highest BCUT2D eigenvalue weighted by Crippen LogP contribution is 2.36. The highest BCUT2D eigenvalue weighted by molar-refractivity contribution is 7.46. The number of allylic oxidation sites excluding steroid dienone is 4. The Labute approximate surface area is 317 Å². The fourth-order valence-corrected chi connectivity index (χ4v) is 6.24. The molecule has 0 aromatic heterocycles. The number of carbonyl (C=O) groups excluding carboxylic acids is 2. The minimum atomic E-state index is -4.77. The zero-order valence-electron chi connectivity index (χ0n) is 33.1. The lowest BCUT2D eigenvalue weighted by Crippen LogP contribution is -2.29. The second kappa shape index (κ2) is 37.5. The number of phosphoric ester groups is 1. The van der Waals surface area contributed by atoms with Crippen molar-refractivity contribution in [1.29, 1.82) is 0 Å². The van der Waals surface area contributed by atoms with E-state index in [1.165, 1.54) is 89.9 Å². The molecule has 9 nitrogen and oxygen atoms in total. The molecule has 52 heavy (non-hydrogen) atoms. The molecule has 0 saturated heterocycles. The molecule has 0 bridgehead atoms. The smallest absolute Gasteiger partial charge is 0.462 e. The SMILES string of the molecule is CC/C=C/CC(O)/C=C/C=C/CCCCCCCC(=O)OC[C@H](COP(=O)(O)O)OC(=O)CCCCCCCCCCCCCCCCCCCC. The van der Waals surface area contributed by atoms with E-state index in [2.05, 4.69) is 24.4 Å². The van der Waals surface area contributed by atoms with Crippen molar-refractivity contribution < 1.29 is 43.0 Å². The van der Waals surface area contributed by atoms with Gasteiger partial charge in [-0.05, 0) is 38.5 Å². The summed E-state index contributed by atoms with van der Waals surface area (Å²) in [5.74, 6) is -0.932. The first-order valence-corrected chi connectivity index (χ1v) is 22.4. The fourth-order valence-electron chi connectivity index (χ4n) is 5.88. The maximum absolute atomic E-state index is 12.4. The minimum Gasteiger partial charge on any atom is -0.462 e. The summed E-state index contributed by atoms with van der Waals surface area (Å²) in [6.45, 7) is 3.47. The molecule has 3 N–H and O–H groups in total. The zero-order chi connectivity index (χ0) is 38.4. The van der Waals surface area contributed by atoms with E-state index in [0.717, 1.165) is 57.8 Å². The Morgan fingerprint density at radius 3 is 1.58 bits per heavy atom. The highest BCUT2D eigenvalue weighted by Gasteiger charge is 2.22. The minimum absolute atomic E-state index is 0.200. The largest absolute Gasteiger partial charge is 0.469 e. The summed E-state index contributed by atoms with van der Waals surface area (Å²) in [4.78, 5) is 42.8. The topological polar surface area (TPSA) is 140 Å². The predicted octanol–water partition coefficient (Wildman–Crippen LogP) is 11.5. The van der Waals surface area contributed by atoms with Crippen LogP contribution in [-0.2, 0) is 28.2 Å². The number of hydrogen-bond acceptors (Lipinski definition) is 7. The molecule has 1 unspecified atom stereocenters. The van der Waals surface area contributed by atoms with Gasteiger partial charge in [0.25, 0.3) is 0 Å². The Bertz CT molecular complexity index is 959. The van der Waals surface area contributed by atoms with Crippen molar-refractivity contribution in [3.63, 3.8) is 0 Å². The normalized spacial score (nSPS) is 13.4. The number of ether oxygens (including phenoxy) is 2. The molecule has 0 saturated carbocycles. The van der Waals surface area contributed by atoms with Gasteiger partial charge in [0.15, 0.2) is 6.10 Å². The third kappa shape index (κ3) is 39.4. The van der Waals surface area contributed by atoms with Crippen molar-refractivity contribution in [1.82, 2.24) is 0 Å². The van der Waals surface area contributed by atoms with Gasteiger partial charge in [0.1, 0.15) is 6.61 Å². The van der Waals surface area contributed by atoms with Crippen LogP contribution in [0.2, 0.25) is 0 Å². The quantitative estimate of drug-likeness (QED) is 0.0185. The fraction of sp³-hybridized carbons (Fsp3) is 0.810. The number of unbranched alkanes of at least 4 members (excludes halogenated alkanes) is 22. The summed E-state index contributed by atoms with van der Waals surface area (Å²) in [5, 5.41) is 9.83. The van der Waals surface area contributed by atoms with E-state index < -0.39 is 38.6 Å². The summed E-state index contributed by atoms with van der Waals surface area (Å²) in [6.07, 6.45) is 40.5. The predicted molar refractivity (Wildman–Crippen MR) is 213 cm³/mol. The van der Waals surface area contributed by atoms with Gasteiger partial charge in [-0.15, -0.1) is 0 Å². The summed E-state index contributed by atoms with van der Waals surface area (Å²) in [6, 6.07) is 0. The van der Waals surface area contributed by atoms with E-state index in [-0.39, 0.29) is 19.4 Å². The Hall–Kier alpha value is -1.77. The molecule has 0 spiro atoms. The number of esters is 2. The molecular weight excluding hydrogens is 679 g/mol. The van der Waals surface area contributed by atoms with E-state index in [1.54, 1.807) is 6.08 Å². The number of hydrogen-bond donors (Lipinski definition) is 3. The van der Waals surface area contributed by atoms with Crippen LogP contribution in [0.3, 0.4) is 0 Å². The molecular formula is C42H77O9P. The van der Waals surface area contributed by atoms with Crippen LogP contribution in [0.25, 0.3) is 0 Å². The molecule has 0 aromatic carbocycles. The van der Waals surface area contributed by atoms with Crippen LogP contribution in [0, 0.1) is 0 Å². The van der Waals surface area contributed by atoms with Gasteiger partial charge in [-0.2, -0.15) is 0 Å². The molecule has 0 aromatic rings. The number of phosphoric acid groups is 1. The van der Waals surface area contributed by atoms with E-state index in [4.69, 9.17) is 19.3 Å². The van der Waals surface area contributed by atoms with Crippen LogP contribution < -0.4 is 0 Å². The van der Waals surface area contributed by atoms with Crippen LogP contribution >= 0.6 is 7.82 Å². The standard InChI is InChI=1S/C42H77O9P/c1-3-5-7-8-9-10-11-12-13-14-15-16-17-18-21-25-28-32-36-42(45)51-40(38-50-52(46,47)48)37-49-41(44)35-31-27-24-22-19-20-23-26-30-34-39(43)33-29-6-4-2/h6,23,26,29-30,34,39-40,43H,3-5,7-22,24-25,27-28,31-33,35-38H2,1-2H3,(H2,46,47,48)/b26-23+,29-6+,34-30+/t39?,40-/m1/s1. The van der Waals surface area contributed by atoms with E-state index in [0.29, 0.717) is 19.3 Å². The Kier molecular flexibility index (Phi) is 36.3. The van der Waals surface area contributed by atoms with Crippen molar-refractivity contribution in [2.24, 2.45) is 0 Å². The van der Waals surface area contributed by atoms with Crippen LogP contribution in [0.1, 0.15) is 194 Å². The van der Waals surface area contributed by atoms with Crippen molar-refractivity contribution in [2.45, 2.75) is 206 Å². The second-order valence-corrected chi connectivity index (χ2v) is 15.4. The van der Waals surface area contributed by atoms with Gasteiger partial charge in [-0.25, -0.2) is 4.57 Å². The average Bonchev–Trinajstić information content (AvgIpc) is 3.11. The lowest BCUT2D eigenvalue weighted by atomic mass is 10.0. The van der Waals surface area contributed by atoms with Gasteiger partial charge >= 0.3 is 19.8 Å². The third-order valence-corrected chi connectivity index (χ3v) is 9.49. The summed E-state index contributed by atoms with van der Waals surface area (Å²) < 4.78 is 26.3. The molecule has 2 atom stereocenters. The molecule has 0 amide bonds. The van der Waals surface area contributed by atoms with Crippen molar-refractivity contribution in [2.75, 3.05) is 13.2 Å². The first-order valence-electron chi connectivity index (χ1n) is 20.9. The Morgan fingerprint density at radius 2 is 1.08 bits per heavy atom. The van der Waals surface area contributed by atoms with Gasteiger partial charge in [-0.1, -0.05) is 179 Å². The van der Waals surface area contributed by atoms with Crippen LogP contribution in [0.15, 0.2) is 36.5 Å². The number of carbonyl (C=O) groups is 2. The first kappa shape index (κ1) is 50.2. The maximum atomic E-state index is 12.4. The molecule has 0 radical (unpaired) electrons. The van der Waals surface area contributed by atoms with Crippen molar-refractivity contribution in [3.8, 4) is 0 Å². The first-order chi connectivity index (χ1) is 25.2. The maximum Gasteiger partial charge on any atom is 0.469 e. The van der Waals surface area contributed by atoms with Gasteiger partial charge in [0.05, 0.1) is 12.7 Å².